The fourth-order valence-corrected chi connectivity index (χ4v) is 3.11. The number of hydrogen-bond donors (Lipinski definition) is 1. The van der Waals surface area contributed by atoms with Gasteiger partial charge >= 0.3 is 0 Å². The molecule has 19 heavy (non-hydrogen) atoms. The number of carbonyl (C=O) groups excluding carboxylic acids is 1. The average Bonchev–Trinajstić information content (AvgIpc) is 2.88. The van der Waals surface area contributed by atoms with Crippen molar-refractivity contribution in [1.82, 2.24) is 14.9 Å². The van der Waals surface area contributed by atoms with Crippen LogP contribution < -0.4 is 5.32 Å². The fourth-order valence-electron chi connectivity index (χ4n) is 3.11. The molecular formula is C15H25N3O. The molecule has 4 nitrogen and oxygen atoms in total. The van der Waals surface area contributed by atoms with Gasteiger partial charge in [-0.25, -0.2) is 4.98 Å². The summed E-state index contributed by atoms with van der Waals surface area (Å²) in [7, 11) is 1.98. The van der Waals surface area contributed by atoms with Crippen molar-refractivity contribution in [3.8, 4) is 0 Å². The molecule has 1 aliphatic carbocycles. The third-order valence-corrected chi connectivity index (χ3v) is 4.27. The van der Waals surface area contributed by atoms with Crippen molar-refractivity contribution in [3.63, 3.8) is 0 Å². The van der Waals surface area contributed by atoms with E-state index in [0.29, 0.717) is 12.2 Å². The summed E-state index contributed by atoms with van der Waals surface area (Å²) >= 11 is 0. The first kappa shape index (κ1) is 14.3. The highest BCUT2D eigenvalue weighted by Gasteiger charge is 2.33. The van der Waals surface area contributed by atoms with Crippen molar-refractivity contribution in [2.75, 3.05) is 7.05 Å². The van der Waals surface area contributed by atoms with Crippen molar-refractivity contribution in [3.05, 3.63) is 18.2 Å². The van der Waals surface area contributed by atoms with Crippen LogP contribution in [0.4, 0.5) is 0 Å². The number of rotatable bonds is 6. The Balaban J connectivity index is 2.08. The highest BCUT2D eigenvalue weighted by molar-refractivity contribution is 5.93. The molecule has 1 heterocycles. The number of Topliss-reactive ketones (excluding diaryl/α,β-unsaturated/α-hetero) is 1. The summed E-state index contributed by atoms with van der Waals surface area (Å²) in [5.41, 5.74) is -0.00166. The lowest BCUT2D eigenvalue weighted by Crippen LogP contribution is -2.46. The molecule has 0 aromatic carbocycles. The van der Waals surface area contributed by atoms with Crippen molar-refractivity contribution >= 4 is 5.78 Å². The van der Waals surface area contributed by atoms with Crippen LogP contribution in [0.15, 0.2) is 12.4 Å². The average molecular weight is 263 g/mol. The summed E-state index contributed by atoms with van der Waals surface area (Å²) < 4.78 is 1.98. The minimum absolute atomic E-state index is 0.00166. The molecule has 0 spiro atoms. The zero-order valence-corrected chi connectivity index (χ0v) is 12.1. The lowest BCUT2D eigenvalue weighted by Gasteiger charge is -2.36. The molecule has 4 heteroatoms. The first-order valence-corrected chi connectivity index (χ1v) is 7.44. The highest BCUT2D eigenvalue weighted by atomic mass is 16.1. The molecule has 0 bridgehead atoms. The van der Waals surface area contributed by atoms with E-state index >= 15 is 0 Å². The van der Waals surface area contributed by atoms with Crippen LogP contribution in [0.5, 0.6) is 0 Å². The standard InChI is InChI=1S/C15H25N3O/c1-3-10-18-11-9-17-14(18)13(19)12-15(16-2)7-5-4-6-8-15/h9,11,16H,3-8,10,12H2,1-2H3. The molecule has 1 fully saturated rings. The normalized spacial score (nSPS) is 18.4. The number of imidazole rings is 1. The van der Waals surface area contributed by atoms with E-state index in [2.05, 4.69) is 17.2 Å². The maximum absolute atomic E-state index is 12.5. The van der Waals surface area contributed by atoms with E-state index in [0.717, 1.165) is 25.8 Å². The quantitative estimate of drug-likeness (QED) is 0.803. The van der Waals surface area contributed by atoms with Gasteiger partial charge in [0.05, 0.1) is 0 Å². The topological polar surface area (TPSA) is 46.9 Å². The summed E-state index contributed by atoms with van der Waals surface area (Å²) in [6.45, 7) is 2.98. The van der Waals surface area contributed by atoms with Crippen LogP contribution in [-0.4, -0.2) is 27.9 Å². The van der Waals surface area contributed by atoms with Crippen molar-refractivity contribution < 1.29 is 4.79 Å². The number of nitrogens with zero attached hydrogens (tertiary/aromatic N) is 2. The molecule has 0 aliphatic heterocycles. The van der Waals surface area contributed by atoms with Crippen LogP contribution in [0.3, 0.4) is 0 Å². The second-order valence-electron chi connectivity index (χ2n) is 5.64. The van der Waals surface area contributed by atoms with Gasteiger partial charge in [-0.3, -0.25) is 4.79 Å². The Morgan fingerprint density at radius 3 is 2.79 bits per heavy atom. The zero-order chi connectivity index (χ0) is 13.7. The van der Waals surface area contributed by atoms with Crippen LogP contribution in [0.2, 0.25) is 0 Å². The van der Waals surface area contributed by atoms with E-state index in [1.807, 2.05) is 17.8 Å². The maximum atomic E-state index is 12.5. The second kappa shape index (κ2) is 6.33. The smallest absolute Gasteiger partial charge is 0.200 e. The molecule has 0 atom stereocenters. The molecule has 1 aromatic rings. The zero-order valence-electron chi connectivity index (χ0n) is 12.1. The third-order valence-electron chi connectivity index (χ3n) is 4.27. The Bertz CT molecular complexity index is 419. The minimum Gasteiger partial charge on any atom is -0.329 e. The Labute approximate surface area is 115 Å². The van der Waals surface area contributed by atoms with E-state index in [9.17, 15) is 4.79 Å². The molecule has 1 N–H and O–H groups in total. The maximum Gasteiger partial charge on any atom is 0.200 e. The van der Waals surface area contributed by atoms with E-state index in [1.165, 1.54) is 19.3 Å². The SMILES string of the molecule is CCCn1ccnc1C(=O)CC1(NC)CCCCC1. The number of nitrogens with one attached hydrogen (secondary N) is 1. The number of aromatic nitrogens is 2. The molecule has 106 valence electrons. The monoisotopic (exact) mass is 263 g/mol. The van der Waals surface area contributed by atoms with Gasteiger partial charge in [-0.15, -0.1) is 0 Å². The Kier molecular flexibility index (Phi) is 4.75. The summed E-state index contributed by atoms with van der Waals surface area (Å²) in [6.07, 6.45) is 11.2. The van der Waals surface area contributed by atoms with Gasteiger partial charge in [0.15, 0.2) is 11.6 Å². The lowest BCUT2D eigenvalue weighted by molar-refractivity contribution is 0.0900. The largest absolute Gasteiger partial charge is 0.329 e. The third kappa shape index (κ3) is 3.24. The molecular weight excluding hydrogens is 238 g/mol. The van der Waals surface area contributed by atoms with Crippen LogP contribution in [0, 0.1) is 0 Å². The van der Waals surface area contributed by atoms with E-state index in [-0.39, 0.29) is 11.3 Å². The predicted octanol–water partition coefficient (Wildman–Crippen LogP) is 2.79. The van der Waals surface area contributed by atoms with Gasteiger partial charge in [-0.1, -0.05) is 26.2 Å². The second-order valence-corrected chi connectivity index (χ2v) is 5.64. The summed E-state index contributed by atoms with van der Waals surface area (Å²) in [6, 6.07) is 0. The molecule has 0 radical (unpaired) electrons. The van der Waals surface area contributed by atoms with Gasteiger partial charge < -0.3 is 9.88 Å². The number of aryl methyl sites for hydroxylation is 1. The van der Waals surface area contributed by atoms with Crippen molar-refractivity contribution in [2.24, 2.45) is 0 Å². The molecule has 0 amide bonds. The van der Waals surface area contributed by atoms with E-state index in [1.54, 1.807) is 6.20 Å². The van der Waals surface area contributed by atoms with E-state index in [4.69, 9.17) is 0 Å². The first-order chi connectivity index (χ1) is 9.21. The summed E-state index contributed by atoms with van der Waals surface area (Å²) in [5, 5.41) is 3.40. The summed E-state index contributed by atoms with van der Waals surface area (Å²) in [5.74, 6) is 0.803. The van der Waals surface area contributed by atoms with Crippen molar-refractivity contribution in [2.45, 2.75) is 64.0 Å². The number of carbonyl (C=O) groups is 1. The Morgan fingerprint density at radius 2 is 2.16 bits per heavy atom. The first-order valence-electron chi connectivity index (χ1n) is 7.44. The predicted molar refractivity (Wildman–Crippen MR) is 76.3 cm³/mol. The molecule has 1 aromatic heterocycles. The molecule has 1 aliphatic rings. The van der Waals surface area contributed by atoms with Crippen LogP contribution >= 0.6 is 0 Å². The molecule has 0 unspecified atom stereocenters. The van der Waals surface area contributed by atoms with Gasteiger partial charge in [0, 0.05) is 30.9 Å². The van der Waals surface area contributed by atoms with Crippen LogP contribution in [-0.2, 0) is 6.54 Å². The van der Waals surface area contributed by atoms with Crippen LogP contribution in [0.25, 0.3) is 0 Å². The fraction of sp³-hybridized carbons (Fsp3) is 0.733. The Morgan fingerprint density at radius 1 is 1.42 bits per heavy atom. The molecule has 1 saturated carbocycles. The van der Waals surface area contributed by atoms with Gasteiger partial charge in [-0.05, 0) is 26.3 Å². The number of ketones is 1. The highest BCUT2D eigenvalue weighted by Crippen LogP contribution is 2.31. The van der Waals surface area contributed by atoms with Crippen molar-refractivity contribution in [1.29, 1.82) is 0 Å². The van der Waals surface area contributed by atoms with E-state index < -0.39 is 0 Å². The summed E-state index contributed by atoms with van der Waals surface area (Å²) in [4.78, 5) is 16.8. The minimum atomic E-state index is -0.00166. The van der Waals surface area contributed by atoms with Gasteiger partial charge in [0.25, 0.3) is 0 Å². The van der Waals surface area contributed by atoms with Gasteiger partial charge in [-0.2, -0.15) is 0 Å². The number of hydrogen-bond acceptors (Lipinski definition) is 3. The molecule has 0 saturated heterocycles. The van der Waals surface area contributed by atoms with Crippen LogP contribution in [0.1, 0.15) is 62.5 Å². The Hall–Kier alpha value is -1.16. The molecule has 2 rings (SSSR count). The lowest BCUT2D eigenvalue weighted by atomic mass is 9.78. The van der Waals surface area contributed by atoms with Gasteiger partial charge in [0.1, 0.15) is 0 Å². The van der Waals surface area contributed by atoms with Gasteiger partial charge in [0.2, 0.25) is 0 Å².